The smallest absolute Gasteiger partial charge is 0.231 e. The molecule has 0 saturated carbocycles. The van der Waals surface area contributed by atoms with Gasteiger partial charge in [-0.2, -0.15) is 0 Å². The molecular weight excluding hydrogens is 320 g/mol. The van der Waals surface area contributed by atoms with Gasteiger partial charge in [0.05, 0.1) is 24.5 Å². The van der Waals surface area contributed by atoms with E-state index in [-0.39, 0.29) is 19.4 Å². The van der Waals surface area contributed by atoms with E-state index < -0.39 is 0 Å². The molecule has 0 spiro atoms. The average molecular weight is 340 g/mol. The van der Waals surface area contributed by atoms with E-state index in [0.717, 1.165) is 28.4 Å². The van der Waals surface area contributed by atoms with E-state index in [1.54, 1.807) is 10.7 Å². The lowest BCUT2D eigenvalue weighted by Crippen LogP contribution is -2.30. The molecule has 2 aromatic heterocycles. The highest BCUT2D eigenvalue weighted by molar-refractivity contribution is 5.67. The summed E-state index contributed by atoms with van der Waals surface area (Å²) >= 11 is 0. The van der Waals surface area contributed by atoms with Gasteiger partial charge in [-0.25, -0.2) is 9.50 Å². The molecule has 0 bridgehead atoms. The lowest BCUT2D eigenvalue weighted by Gasteiger charge is -2.20. The fraction of sp³-hybridized carbons (Fsp3) is 0.333. The van der Waals surface area contributed by atoms with Crippen LogP contribution in [0.5, 0.6) is 11.5 Å². The number of nitrogens with zero attached hydrogens (tertiary/aromatic N) is 3. The van der Waals surface area contributed by atoms with Crippen molar-refractivity contribution in [3.05, 3.63) is 36.5 Å². The molecule has 2 N–H and O–H groups in total. The van der Waals surface area contributed by atoms with Crippen molar-refractivity contribution < 1.29 is 14.6 Å². The van der Waals surface area contributed by atoms with E-state index in [4.69, 9.17) is 9.47 Å². The summed E-state index contributed by atoms with van der Waals surface area (Å²) in [6, 6.07) is 9.50. The summed E-state index contributed by atoms with van der Waals surface area (Å²) in [4.78, 5) is 4.42. The molecule has 1 unspecified atom stereocenters. The lowest BCUT2D eigenvalue weighted by molar-refractivity contribution is 0.174. The van der Waals surface area contributed by atoms with Crippen LogP contribution in [0.3, 0.4) is 0 Å². The molecule has 1 aliphatic rings. The van der Waals surface area contributed by atoms with E-state index in [1.165, 1.54) is 0 Å². The standard InChI is InChI=1S/C18H20N4O3/c1-11(2)13(9-23)20-17-5-6-18-19-8-14(22(18)21-17)12-3-4-15-16(7-12)25-10-24-15/h3-8,11,13,23H,9-10H2,1-2H3,(H,20,21). The summed E-state index contributed by atoms with van der Waals surface area (Å²) in [6.07, 6.45) is 1.79. The molecule has 7 nitrogen and oxygen atoms in total. The lowest BCUT2D eigenvalue weighted by atomic mass is 10.1. The molecular formula is C18H20N4O3. The molecule has 3 heterocycles. The topological polar surface area (TPSA) is 80.9 Å². The van der Waals surface area contributed by atoms with Crippen LogP contribution in [-0.4, -0.2) is 39.1 Å². The van der Waals surface area contributed by atoms with Crippen molar-refractivity contribution >= 4 is 11.5 Å². The third-order valence-electron chi connectivity index (χ3n) is 4.37. The van der Waals surface area contributed by atoms with Crippen LogP contribution in [-0.2, 0) is 0 Å². The van der Waals surface area contributed by atoms with E-state index in [0.29, 0.717) is 11.7 Å². The minimum Gasteiger partial charge on any atom is -0.454 e. The molecule has 0 radical (unpaired) electrons. The first-order valence-electron chi connectivity index (χ1n) is 8.28. The molecule has 0 amide bonds. The number of imidazole rings is 1. The van der Waals surface area contributed by atoms with Gasteiger partial charge >= 0.3 is 0 Å². The Morgan fingerprint density at radius 3 is 2.84 bits per heavy atom. The maximum Gasteiger partial charge on any atom is 0.231 e. The molecule has 0 aliphatic carbocycles. The first-order chi connectivity index (χ1) is 12.2. The van der Waals surface area contributed by atoms with Gasteiger partial charge in [0, 0.05) is 5.56 Å². The number of hydrogen-bond donors (Lipinski definition) is 2. The molecule has 1 aliphatic heterocycles. The molecule has 3 aromatic rings. The monoisotopic (exact) mass is 340 g/mol. The van der Waals surface area contributed by atoms with Crippen molar-refractivity contribution in [3.8, 4) is 22.8 Å². The number of fused-ring (bicyclic) bond motifs is 2. The first kappa shape index (κ1) is 15.7. The Labute approximate surface area is 145 Å². The summed E-state index contributed by atoms with van der Waals surface area (Å²) in [5.74, 6) is 2.45. The second kappa shape index (κ2) is 6.25. The van der Waals surface area contributed by atoms with Crippen molar-refractivity contribution in [2.45, 2.75) is 19.9 Å². The fourth-order valence-corrected chi connectivity index (χ4v) is 2.82. The third kappa shape index (κ3) is 2.87. The van der Waals surface area contributed by atoms with Gasteiger partial charge in [-0.3, -0.25) is 0 Å². The van der Waals surface area contributed by atoms with E-state index >= 15 is 0 Å². The fourth-order valence-electron chi connectivity index (χ4n) is 2.82. The Balaban J connectivity index is 1.71. The molecule has 1 atom stereocenters. The quantitative estimate of drug-likeness (QED) is 0.743. The second-order valence-electron chi connectivity index (χ2n) is 6.38. The summed E-state index contributed by atoms with van der Waals surface area (Å²) < 4.78 is 12.6. The van der Waals surface area contributed by atoms with Gasteiger partial charge in [0.15, 0.2) is 17.1 Å². The van der Waals surface area contributed by atoms with Gasteiger partial charge in [-0.05, 0) is 36.2 Å². The van der Waals surface area contributed by atoms with Gasteiger partial charge in [0.25, 0.3) is 0 Å². The highest BCUT2D eigenvalue weighted by atomic mass is 16.7. The van der Waals surface area contributed by atoms with Crippen molar-refractivity contribution in [3.63, 3.8) is 0 Å². The molecule has 0 fully saturated rings. The van der Waals surface area contributed by atoms with Crippen LogP contribution in [0.2, 0.25) is 0 Å². The van der Waals surface area contributed by atoms with Gasteiger partial charge in [-0.15, -0.1) is 5.10 Å². The Kier molecular flexibility index (Phi) is 3.93. The highest BCUT2D eigenvalue weighted by Crippen LogP contribution is 2.35. The van der Waals surface area contributed by atoms with Crippen LogP contribution >= 0.6 is 0 Å². The van der Waals surface area contributed by atoms with Crippen LogP contribution in [0.1, 0.15) is 13.8 Å². The van der Waals surface area contributed by atoms with Crippen molar-refractivity contribution in [1.29, 1.82) is 0 Å². The zero-order chi connectivity index (χ0) is 17.4. The number of rotatable bonds is 5. The van der Waals surface area contributed by atoms with E-state index in [9.17, 15) is 5.11 Å². The Morgan fingerprint density at radius 1 is 1.20 bits per heavy atom. The number of anilines is 1. The maximum absolute atomic E-state index is 9.52. The van der Waals surface area contributed by atoms with Gasteiger partial charge in [-0.1, -0.05) is 13.8 Å². The number of hydrogen-bond acceptors (Lipinski definition) is 6. The normalized spacial score (nSPS) is 14.2. The minimum absolute atomic E-state index is 0.0519. The molecule has 4 rings (SSSR count). The second-order valence-corrected chi connectivity index (χ2v) is 6.38. The van der Waals surface area contributed by atoms with E-state index in [1.807, 2.05) is 30.3 Å². The molecule has 130 valence electrons. The molecule has 7 heteroatoms. The van der Waals surface area contributed by atoms with Gasteiger partial charge in [0.1, 0.15) is 5.82 Å². The van der Waals surface area contributed by atoms with Crippen LogP contribution in [0, 0.1) is 5.92 Å². The predicted molar refractivity (Wildman–Crippen MR) is 93.9 cm³/mol. The minimum atomic E-state index is -0.0533. The summed E-state index contributed by atoms with van der Waals surface area (Å²) in [6.45, 7) is 4.41. The zero-order valence-corrected chi connectivity index (χ0v) is 14.1. The van der Waals surface area contributed by atoms with Crippen molar-refractivity contribution in [1.82, 2.24) is 14.6 Å². The summed E-state index contributed by atoms with van der Waals surface area (Å²) in [5, 5.41) is 17.4. The van der Waals surface area contributed by atoms with Crippen LogP contribution in [0.4, 0.5) is 5.82 Å². The molecule has 0 saturated heterocycles. The van der Waals surface area contributed by atoms with Crippen LogP contribution in [0.15, 0.2) is 36.5 Å². The molecule has 25 heavy (non-hydrogen) atoms. The highest BCUT2D eigenvalue weighted by Gasteiger charge is 2.17. The summed E-state index contributed by atoms with van der Waals surface area (Å²) in [7, 11) is 0. The van der Waals surface area contributed by atoms with Gasteiger partial charge in [0.2, 0.25) is 6.79 Å². The third-order valence-corrected chi connectivity index (χ3v) is 4.37. The average Bonchev–Trinajstić information content (AvgIpc) is 3.24. The van der Waals surface area contributed by atoms with E-state index in [2.05, 4.69) is 29.2 Å². The Morgan fingerprint density at radius 2 is 2.04 bits per heavy atom. The van der Waals surface area contributed by atoms with Crippen LogP contribution < -0.4 is 14.8 Å². The SMILES string of the molecule is CC(C)C(CO)Nc1ccc2ncc(-c3ccc4c(c3)OCO4)n2n1. The van der Waals surface area contributed by atoms with Gasteiger partial charge < -0.3 is 19.9 Å². The van der Waals surface area contributed by atoms with Crippen LogP contribution in [0.25, 0.3) is 16.9 Å². The zero-order valence-electron chi connectivity index (χ0n) is 14.1. The van der Waals surface area contributed by atoms with Crippen molar-refractivity contribution in [2.24, 2.45) is 5.92 Å². The number of aromatic nitrogens is 3. The molecule has 1 aromatic carbocycles. The summed E-state index contributed by atoms with van der Waals surface area (Å²) in [5.41, 5.74) is 2.56. The predicted octanol–water partition coefficient (Wildman–Crippen LogP) is 2.55. The Bertz CT molecular complexity index is 906. The Hall–Kier alpha value is -2.80. The maximum atomic E-state index is 9.52. The largest absolute Gasteiger partial charge is 0.454 e. The van der Waals surface area contributed by atoms with Crippen molar-refractivity contribution in [2.75, 3.05) is 18.7 Å². The number of benzene rings is 1. The number of ether oxygens (including phenoxy) is 2. The number of aliphatic hydroxyl groups is 1. The first-order valence-corrected chi connectivity index (χ1v) is 8.28. The number of nitrogens with one attached hydrogen (secondary N) is 1. The number of aliphatic hydroxyl groups excluding tert-OH is 1.